The Morgan fingerprint density at radius 2 is 2.12 bits per heavy atom. The number of carboxylic acids is 1. The number of rotatable bonds is 3. The molecule has 6 heteroatoms. The molecule has 0 aliphatic carbocycles. The number of aromatic carboxylic acids is 1. The Kier molecular flexibility index (Phi) is 3.14. The Bertz CT molecular complexity index is 568. The highest BCUT2D eigenvalue weighted by molar-refractivity contribution is 9.10. The molecule has 2 N–H and O–H groups in total. The van der Waals surface area contributed by atoms with E-state index in [1.165, 1.54) is 30.3 Å². The van der Waals surface area contributed by atoms with E-state index in [1.807, 2.05) is 0 Å². The van der Waals surface area contributed by atoms with Gasteiger partial charge >= 0.3 is 5.97 Å². The van der Waals surface area contributed by atoms with Gasteiger partial charge in [0.05, 0.1) is 5.69 Å². The minimum absolute atomic E-state index is 0.161. The summed E-state index contributed by atoms with van der Waals surface area (Å²) in [5.41, 5.74) is 0.581. The first-order valence-electron chi connectivity index (χ1n) is 4.61. The lowest BCUT2D eigenvalue weighted by Gasteiger charge is -2.05. The number of halogens is 2. The highest BCUT2D eigenvalue weighted by atomic mass is 79.9. The second-order valence-electron chi connectivity index (χ2n) is 3.22. The van der Waals surface area contributed by atoms with Gasteiger partial charge < -0.3 is 14.8 Å². The molecule has 0 radical (unpaired) electrons. The smallest absolute Gasteiger partial charge is 0.371 e. The van der Waals surface area contributed by atoms with Crippen molar-refractivity contribution in [1.82, 2.24) is 0 Å². The van der Waals surface area contributed by atoms with Gasteiger partial charge in [0.25, 0.3) is 0 Å². The van der Waals surface area contributed by atoms with Crippen molar-refractivity contribution < 1.29 is 18.7 Å². The van der Waals surface area contributed by atoms with Crippen molar-refractivity contribution in [3.8, 4) is 0 Å². The summed E-state index contributed by atoms with van der Waals surface area (Å²) in [5, 5.41) is 11.5. The van der Waals surface area contributed by atoms with Crippen LogP contribution in [0.15, 0.2) is 39.2 Å². The molecule has 2 rings (SSSR count). The molecule has 0 amide bonds. The quantitative estimate of drug-likeness (QED) is 0.908. The Hall–Kier alpha value is -1.82. The number of anilines is 2. The van der Waals surface area contributed by atoms with Crippen LogP contribution in [-0.2, 0) is 0 Å². The highest BCUT2D eigenvalue weighted by Gasteiger charge is 2.10. The van der Waals surface area contributed by atoms with Crippen LogP contribution >= 0.6 is 15.9 Å². The third-order valence-electron chi connectivity index (χ3n) is 2.01. The van der Waals surface area contributed by atoms with Gasteiger partial charge in [0.1, 0.15) is 5.82 Å². The predicted molar refractivity (Wildman–Crippen MR) is 63.1 cm³/mol. The molecule has 0 saturated carbocycles. The van der Waals surface area contributed by atoms with E-state index in [1.54, 1.807) is 0 Å². The third-order valence-corrected chi connectivity index (χ3v) is 2.66. The van der Waals surface area contributed by atoms with Crippen molar-refractivity contribution in [2.45, 2.75) is 0 Å². The Morgan fingerprint density at radius 1 is 1.35 bits per heavy atom. The number of hydrogen-bond donors (Lipinski definition) is 2. The lowest BCUT2D eigenvalue weighted by molar-refractivity contribution is 0.0663. The lowest BCUT2D eigenvalue weighted by atomic mass is 10.3. The van der Waals surface area contributed by atoms with E-state index in [0.29, 0.717) is 10.2 Å². The van der Waals surface area contributed by atoms with E-state index in [9.17, 15) is 9.18 Å². The van der Waals surface area contributed by atoms with Crippen LogP contribution in [0.4, 0.5) is 16.0 Å². The molecule has 0 saturated heterocycles. The van der Waals surface area contributed by atoms with Crippen LogP contribution in [0.2, 0.25) is 0 Å². The van der Waals surface area contributed by atoms with E-state index in [2.05, 4.69) is 21.2 Å². The van der Waals surface area contributed by atoms with Crippen LogP contribution < -0.4 is 5.32 Å². The minimum Gasteiger partial charge on any atom is -0.475 e. The lowest BCUT2D eigenvalue weighted by Crippen LogP contribution is -1.93. The van der Waals surface area contributed by atoms with E-state index in [0.717, 1.165) is 0 Å². The largest absolute Gasteiger partial charge is 0.475 e. The molecule has 0 aliphatic rings. The first-order chi connectivity index (χ1) is 8.06. The first-order valence-corrected chi connectivity index (χ1v) is 5.41. The van der Waals surface area contributed by atoms with Crippen molar-refractivity contribution in [2.75, 3.05) is 5.32 Å². The number of carbonyl (C=O) groups is 1. The van der Waals surface area contributed by atoms with Gasteiger partial charge in [-0.3, -0.25) is 0 Å². The normalized spacial score (nSPS) is 10.2. The molecule has 2 aromatic rings. The van der Waals surface area contributed by atoms with Gasteiger partial charge in [-0.2, -0.15) is 0 Å². The molecule has 1 heterocycles. The molecule has 0 spiro atoms. The monoisotopic (exact) mass is 299 g/mol. The zero-order valence-corrected chi connectivity index (χ0v) is 9.99. The fourth-order valence-electron chi connectivity index (χ4n) is 1.24. The summed E-state index contributed by atoms with van der Waals surface area (Å²) >= 11 is 3.18. The summed E-state index contributed by atoms with van der Waals surface area (Å²) < 4.78 is 18.4. The molecule has 0 aliphatic heterocycles. The maximum Gasteiger partial charge on any atom is 0.371 e. The second kappa shape index (κ2) is 4.58. The summed E-state index contributed by atoms with van der Waals surface area (Å²) in [7, 11) is 0. The van der Waals surface area contributed by atoms with Gasteiger partial charge in [-0.25, -0.2) is 9.18 Å². The Labute approximate surface area is 104 Å². The maximum absolute atomic E-state index is 12.8. The average molecular weight is 300 g/mol. The van der Waals surface area contributed by atoms with Crippen LogP contribution in [0.3, 0.4) is 0 Å². The number of hydrogen-bond acceptors (Lipinski definition) is 3. The van der Waals surface area contributed by atoms with Crippen molar-refractivity contribution in [3.63, 3.8) is 0 Å². The van der Waals surface area contributed by atoms with Crippen molar-refractivity contribution >= 4 is 33.5 Å². The number of furan rings is 1. The summed E-state index contributed by atoms with van der Waals surface area (Å²) in [4.78, 5) is 10.6. The first kappa shape index (κ1) is 11.7. The summed E-state index contributed by atoms with van der Waals surface area (Å²) in [6, 6.07) is 6.92. The molecule has 0 fully saturated rings. The van der Waals surface area contributed by atoms with Crippen LogP contribution in [0.25, 0.3) is 0 Å². The summed E-state index contributed by atoms with van der Waals surface area (Å²) in [5.74, 6) is -1.40. The van der Waals surface area contributed by atoms with Crippen LogP contribution in [0.5, 0.6) is 0 Å². The molecular formula is C11H7BrFNO3. The van der Waals surface area contributed by atoms with E-state index in [-0.39, 0.29) is 17.5 Å². The zero-order chi connectivity index (χ0) is 12.4. The minimum atomic E-state index is -1.14. The maximum atomic E-state index is 12.8. The van der Waals surface area contributed by atoms with Crippen LogP contribution in [0, 0.1) is 5.82 Å². The molecule has 88 valence electrons. The Morgan fingerprint density at radius 3 is 2.71 bits per heavy atom. The fraction of sp³-hybridized carbons (Fsp3) is 0. The standard InChI is InChI=1S/C11H7BrFNO3/c12-7-5-6(13)1-2-8(7)14-10-4-3-9(17-10)11(15)16/h1-5,14H,(H,15,16). The predicted octanol–water partition coefficient (Wildman–Crippen LogP) is 3.62. The van der Waals surface area contributed by atoms with Gasteiger partial charge in [-0.15, -0.1) is 0 Å². The Balaban J connectivity index is 2.22. The number of benzene rings is 1. The fourth-order valence-corrected chi connectivity index (χ4v) is 1.69. The summed E-state index contributed by atoms with van der Waals surface area (Å²) in [6.45, 7) is 0. The van der Waals surface area contributed by atoms with Gasteiger partial charge in [0.15, 0.2) is 5.88 Å². The van der Waals surface area contributed by atoms with E-state index in [4.69, 9.17) is 9.52 Å². The molecule has 0 unspecified atom stereocenters. The molecular weight excluding hydrogens is 293 g/mol. The second-order valence-corrected chi connectivity index (χ2v) is 4.07. The highest BCUT2D eigenvalue weighted by Crippen LogP contribution is 2.27. The number of carboxylic acid groups (broad SMARTS) is 1. The summed E-state index contributed by atoms with van der Waals surface area (Å²) in [6.07, 6.45) is 0. The molecule has 1 aromatic carbocycles. The van der Waals surface area contributed by atoms with E-state index < -0.39 is 5.97 Å². The average Bonchev–Trinajstić information content (AvgIpc) is 2.71. The number of nitrogens with one attached hydrogen (secondary N) is 1. The zero-order valence-electron chi connectivity index (χ0n) is 8.41. The SMILES string of the molecule is O=C(O)c1ccc(Nc2ccc(F)cc2Br)o1. The van der Waals surface area contributed by atoms with Gasteiger partial charge in [-0.1, -0.05) is 0 Å². The van der Waals surface area contributed by atoms with Crippen LogP contribution in [-0.4, -0.2) is 11.1 Å². The van der Waals surface area contributed by atoms with Crippen molar-refractivity contribution in [2.24, 2.45) is 0 Å². The topological polar surface area (TPSA) is 62.5 Å². The van der Waals surface area contributed by atoms with Crippen molar-refractivity contribution in [3.05, 3.63) is 46.4 Å². The molecule has 0 atom stereocenters. The molecule has 1 aromatic heterocycles. The van der Waals surface area contributed by atoms with Crippen LogP contribution in [0.1, 0.15) is 10.6 Å². The van der Waals surface area contributed by atoms with Crippen molar-refractivity contribution in [1.29, 1.82) is 0 Å². The molecule has 0 bridgehead atoms. The van der Waals surface area contributed by atoms with Gasteiger partial charge in [-0.05, 0) is 40.2 Å². The van der Waals surface area contributed by atoms with Gasteiger partial charge in [0.2, 0.25) is 5.76 Å². The van der Waals surface area contributed by atoms with E-state index >= 15 is 0 Å². The third kappa shape index (κ3) is 2.65. The molecule has 17 heavy (non-hydrogen) atoms. The van der Waals surface area contributed by atoms with Gasteiger partial charge in [0, 0.05) is 10.5 Å². The molecule has 4 nitrogen and oxygen atoms in total.